The van der Waals surface area contributed by atoms with Crippen LogP contribution in [0.25, 0.3) is 0 Å². The summed E-state index contributed by atoms with van der Waals surface area (Å²) in [6.45, 7) is 6.28. The van der Waals surface area contributed by atoms with E-state index in [-0.39, 0.29) is 0 Å². The third kappa shape index (κ3) is 11.7. The number of hydrogen-bond donors (Lipinski definition) is 0. The maximum absolute atomic E-state index is 5.31. The van der Waals surface area contributed by atoms with Gasteiger partial charge in [-0.05, 0) is 25.0 Å². The molecule has 0 aromatic heterocycles. The summed E-state index contributed by atoms with van der Waals surface area (Å²) in [6.07, 6.45) is 4.91. The van der Waals surface area contributed by atoms with Gasteiger partial charge in [0.05, 0.1) is 0 Å². The largest absolute Gasteiger partial charge is 0.381 e. The molecule has 1 nitrogen and oxygen atoms in total. The lowest BCUT2D eigenvalue weighted by atomic mass is 10.3. The van der Waals surface area contributed by atoms with Crippen molar-refractivity contribution in [1.29, 1.82) is 0 Å². The summed E-state index contributed by atoms with van der Waals surface area (Å²) in [6, 6.07) is 9.97. The van der Waals surface area contributed by atoms with Gasteiger partial charge in [-0.2, -0.15) is 0 Å². The SMILES string of the molecule is Brc1ccccc1.CCCCOCCCC. The third-order valence-corrected chi connectivity index (χ3v) is 2.55. The minimum Gasteiger partial charge on any atom is -0.381 e. The Kier molecular flexibility index (Phi) is 12.5. The molecular formula is C14H23BrO. The Balaban J connectivity index is 0.000000288. The number of benzene rings is 1. The van der Waals surface area contributed by atoms with Gasteiger partial charge in [0.2, 0.25) is 0 Å². The van der Waals surface area contributed by atoms with E-state index in [4.69, 9.17) is 4.74 Å². The van der Waals surface area contributed by atoms with Crippen molar-refractivity contribution in [3.05, 3.63) is 34.8 Å². The molecular weight excluding hydrogens is 264 g/mol. The van der Waals surface area contributed by atoms with Gasteiger partial charge in [-0.25, -0.2) is 0 Å². The van der Waals surface area contributed by atoms with Crippen molar-refractivity contribution in [1.82, 2.24) is 0 Å². The van der Waals surface area contributed by atoms with E-state index < -0.39 is 0 Å². The van der Waals surface area contributed by atoms with Crippen LogP contribution in [0.2, 0.25) is 0 Å². The van der Waals surface area contributed by atoms with E-state index in [1.165, 1.54) is 25.7 Å². The minimum absolute atomic E-state index is 0.955. The fraction of sp³-hybridized carbons (Fsp3) is 0.571. The molecule has 0 saturated heterocycles. The second kappa shape index (κ2) is 12.7. The number of rotatable bonds is 6. The predicted octanol–water partition coefficient (Wildman–Crippen LogP) is 5.05. The standard InChI is InChI=1S/C8H18O.C6H5Br/c1-3-5-7-9-8-6-4-2;7-6-4-2-1-3-5-6/h3-8H2,1-2H3;1-5H. The molecule has 0 radical (unpaired) electrons. The van der Waals surface area contributed by atoms with Crippen molar-refractivity contribution in [2.24, 2.45) is 0 Å². The summed E-state index contributed by atoms with van der Waals surface area (Å²) in [5.74, 6) is 0. The van der Waals surface area contributed by atoms with Gasteiger partial charge in [-0.15, -0.1) is 0 Å². The molecule has 92 valence electrons. The minimum atomic E-state index is 0.955. The highest BCUT2D eigenvalue weighted by Gasteiger charge is 1.84. The summed E-state index contributed by atoms with van der Waals surface area (Å²) in [7, 11) is 0. The summed E-state index contributed by atoms with van der Waals surface area (Å²) in [5.41, 5.74) is 0. The predicted molar refractivity (Wildman–Crippen MR) is 74.8 cm³/mol. The smallest absolute Gasteiger partial charge is 0.0465 e. The van der Waals surface area contributed by atoms with Crippen LogP contribution in [0.1, 0.15) is 39.5 Å². The van der Waals surface area contributed by atoms with Gasteiger partial charge in [-0.1, -0.05) is 60.8 Å². The van der Waals surface area contributed by atoms with Crippen LogP contribution in [0.15, 0.2) is 34.8 Å². The van der Waals surface area contributed by atoms with Crippen LogP contribution in [-0.4, -0.2) is 13.2 Å². The first-order valence-electron chi connectivity index (χ1n) is 6.09. The van der Waals surface area contributed by atoms with Crippen molar-refractivity contribution < 1.29 is 4.74 Å². The lowest BCUT2D eigenvalue weighted by molar-refractivity contribution is 0.128. The summed E-state index contributed by atoms with van der Waals surface area (Å²) in [5, 5.41) is 0. The van der Waals surface area contributed by atoms with E-state index in [9.17, 15) is 0 Å². The quantitative estimate of drug-likeness (QED) is 0.665. The molecule has 0 aliphatic rings. The molecule has 0 amide bonds. The number of ether oxygens (including phenoxy) is 1. The maximum atomic E-state index is 5.31. The molecule has 0 N–H and O–H groups in total. The molecule has 2 heteroatoms. The molecule has 1 rings (SSSR count). The molecule has 0 atom stereocenters. The molecule has 0 heterocycles. The third-order valence-electron chi connectivity index (χ3n) is 2.02. The Hall–Kier alpha value is -0.340. The average Bonchev–Trinajstić information content (AvgIpc) is 2.31. The van der Waals surface area contributed by atoms with Crippen molar-refractivity contribution in [2.45, 2.75) is 39.5 Å². The van der Waals surface area contributed by atoms with E-state index in [0.29, 0.717) is 0 Å². The van der Waals surface area contributed by atoms with Crippen LogP contribution in [-0.2, 0) is 4.74 Å². The second-order valence-electron chi connectivity index (χ2n) is 3.62. The van der Waals surface area contributed by atoms with Crippen LogP contribution < -0.4 is 0 Å². The van der Waals surface area contributed by atoms with Gasteiger partial charge in [0, 0.05) is 17.7 Å². The number of unbranched alkanes of at least 4 members (excludes halogenated alkanes) is 2. The van der Waals surface area contributed by atoms with Gasteiger partial charge in [-0.3, -0.25) is 0 Å². The molecule has 1 aromatic carbocycles. The molecule has 0 fully saturated rings. The Morgan fingerprint density at radius 2 is 1.44 bits per heavy atom. The Bertz CT molecular complexity index is 217. The Morgan fingerprint density at radius 3 is 1.75 bits per heavy atom. The van der Waals surface area contributed by atoms with Gasteiger partial charge in [0.15, 0.2) is 0 Å². The normalized spacial score (nSPS) is 9.44. The Labute approximate surface area is 108 Å². The van der Waals surface area contributed by atoms with Crippen LogP contribution in [0.3, 0.4) is 0 Å². The zero-order valence-corrected chi connectivity index (χ0v) is 12.0. The number of hydrogen-bond acceptors (Lipinski definition) is 1. The fourth-order valence-corrected chi connectivity index (χ4v) is 1.31. The topological polar surface area (TPSA) is 9.23 Å². The zero-order valence-electron chi connectivity index (χ0n) is 10.4. The molecule has 0 spiro atoms. The highest BCUT2D eigenvalue weighted by Crippen LogP contribution is 2.05. The lowest BCUT2D eigenvalue weighted by Gasteiger charge is -1.99. The second-order valence-corrected chi connectivity index (χ2v) is 4.53. The average molecular weight is 287 g/mol. The maximum Gasteiger partial charge on any atom is 0.0465 e. The van der Waals surface area contributed by atoms with Crippen molar-refractivity contribution in [3.8, 4) is 0 Å². The molecule has 0 saturated carbocycles. The number of halogens is 1. The molecule has 0 aliphatic carbocycles. The highest BCUT2D eigenvalue weighted by atomic mass is 79.9. The van der Waals surface area contributed by atoms with E-state index in [1.54, 1.807) is 0 Å². The van der Waals surface area contributed by atoms with Gasteiger partial charge >= 0.3 is 0 Å². The van der Waals surface area contributed by atoms with Crippen molar-refractivity contribution in [3.63, 3.8) is 0 Å². The fourth-order valence-electron chi connectivity index (χ4n) is 1.01. The van der Waals surface area contributed by atoms with Crippen LogP contribution in [0, 0.1) is 0 Å². The van der Waals surface area contributed by atoms with E-state index in [1.807, 2.05) is 30.3 Å². The van der Waals surface area contributed by atoms with E-state index in [2.05, 4.69) is 29.8 Å². The van der Waals surface area contributed by atoms with Gasteiger partial charge in [0.1, 0.15) is 0 Å². The molecule has 0 unspecified atom stereocenters. The van der Waals surface area contributed by atoms with Gasteiger partial charge < -0.3 is 4.74 Å². The molecule has 1 aromatic rings. The molecule has 16 heavy (non-hydrogen) atoms. The van der Waals surface area contributed by atoms with E-state index in [0.717, 1.165) is 17.7 Å². The van der Waals surface area contributed by atoms with Crippen LogP contribution in [0.4, 0.5) is 0 Å². The first-order valence-corrected chi connectivity index (χ1v) is 6.88. The summed E-state index contributed by atoms with van der Waals surface area (Å²) < 4.78 is 6.45. The first kappa shape index (κ1) is 15.7. The Morgan fingerprint density at radius 1 is 0.938 bits per heavy atom. The van der Waals surface area contributed by atoms with Gasteiger partial charge in [0.25, 0.3) is 0 Å². The molecule has 0 aliphatic heterocycles. The van der Waals surface area contributed by atoms with E-state index >= 15 is 0 Å². The summed E-state index contributed by atoms with van der Waals surface area (Å²) >= 11 is 3.31. The summed E-state index contributed by atoms with van der Waals surface area (Å²) in [4.78, 5) is 0. The zero-order chi connectivity index (χ0) is 12.1. The molecule has 0 bridgehead atoms. The van der Waals surface area contributed by atoms with Crippen molar-refractivity contribution in [2.75, 3.05) is 13.2 Å². The highest BCUT2D eigenvalue weighted by molar-refractivity contribution is 9.10. The van der Waals surface area contributed by atoms with Crippen LogP contribution in [0.5, 0.6) is 0 Å². The monoisotopic (exact) mass is 286 g/mol. The van der Waals surface area contributed by atoms with Crippen molar-refractivity contribution >= 4 is 15.9 Å². The first-order chi connectivity index (χ1) is 7.81. The lowest BCUT2D eigenvalue weighted by Crippen LogP contribution is -1.95. The van der Waals surface area contributed by atoms with Crippen LogP contribution >= 0.6 is 15.9 Å².